The first-order valence-electron chi connectivity index (χ1n) is 11.9. The van der Waals surface area contributed by atoms with Crippen molar-refractivity contribution in [3.63, 3.8) is 0 Å². The Morgan fingerprint density at radius 1 is 1.14 bits per heavy atom. The average Bonchev–Trinajstić information content (AvgIpc) is 3.61. The standard InChI is InChI=1S/C13H14F3N.C13H19NO4/c14-11-5-13(16)12(15)4-10(11)7-17-2-1-8-3-9(8)6-17;1-2-17-12(13(15)16)9-10-3-5-11(6-4-10)18-8-7-14/h4-5,8-9H,1-3,6-7H2;3-6,12H,2,7-9,14H2,1H3,(H,15,16)/t;12-/m.0/s1. The minimum Gasteiger partial charge on any atom is -0.492 e. The number of nitrogens with two attached hydrogens (primary N) is 1. The molecule has 0 spiro atoms. The van der Waals surface area contributed by atoms with Gasteiger partial charge in [0.15, 0.2) is 17.7 Å². The molecule has 1 saturated carbocycles. The van der Waals surface area contributed by atoms with Gasteiger partial charge in [0.1, 0.15) is 18.2 Å². The van der Waals surface area contributed by atoms with Crippen LogP contribution in [0, 0.1) is 29.3 Å². The number of nitrogens with zero attached hydrogens (tertiary/aromatic N) is 1. The lowest BCUT2D eigenvalue weighted by Crippen LogP contribution is -2.31. The van der Waals surface area contributed by atoms with Crippen molar-refractivity contribution in [2.45, 2.75) is 38.8 Å². The number of piperidine rings is 1. The number of ether oxygens (including phenoxy) is 2. The molecule has 1 aliphatic carbocycles. The van der Waals surface area contributed by atoms with Crippen molar-refractivity contribution in [3.05, 3.63) is 65.0 Å². The number of fused-ring (bicyclic) bond motifs is 1. The summed E-state index contributed by atoms with van der Waals surface area (Å²) in [6, 6.07) is 8.88. The molecular weight excluding hydrogens is 461 g/mol. The van der Waals surface area contributed by atoms with E-state index in [0.29, 0.717) is 38.8 Å². The molecule has 2 aromatic rings. The summed E-state index contributed by atoms with van der Waals surface area (Å²) in [4.78, 5) is 13.1. The molecule has 2 aliphatic rings. The Morgan fingerprint density at radius 2 is 1.86 bits per heavy atom. The van der Waals surface area contributed by atoms with Crippen molar-refractivity contribution in [1.82, 2.24) is 4.90 Å². The molecule has 1 heterocycles. The van der Waals surface area contributed by atoms with E-state index in [9.17, 15) is 18.0 Å². The minimum atomic E-state index is -1.12. The second-order valence-corrected chi connectivity index (χ2v) is 8.90. The van der Waals surface area contributed by atoms with Crippen LogP contribution in [0.4, 0.5) is 13.2 Å². The van der Waals surface area contributed by atoms with Crippen LogP contribution in [0.2, 0.25) is 0 Å². The number of rotatable bonds is 10. The second kappa shape index (κ2) is 12.9. The Kier molecular flexibility index (Phi) is 9.94. The quantitative estimate of drug-likeness (QED) is 0.486. The first-order valence-corrected chi connectivity index (χ1v) is 11.9. The minimum absolute atomic E-state index is 0.253. The maximum absolute atomic E-state index is 13.5. The Balaban J connectivity index is 0.000000196. The summed E-state index contributed by atoms with van der Waals surface area (Å²) >= 11 is 0. The van der Waals surface area contributed by atoms with Crippen molar-refractivity contribution in [1.29, 1.82) is 0 Å². The number of carboxylic acids is 1. The van der Waals surface area contributed by atoms with E-state index in [1.807, 2.05) is 12.1 Å². The molecule has 6 nitrogen and oxygen atoms in total. The van der Waals surface area contributed by atoms with E-state index in [2.05, 4.69) is 4.90 Å². The highest BCUT2D eigenvalue weighted by Crippen LogP contribution is 2.45. The van der Waals surface area contributed by atoms with Gasteiger partial charge in [0, 0.05) is 44.3 Å². The van der Waals surface area contributed by atoms with Gasteiger partial charge < -0.3 is 20.3 Å². The number of halogens is 3. The molecule has 35 heavy (non-hydrogen) atoms. The van der Waals surface area contributed by atoms with E-state index in [-0.39, 0.29) is 5.56 Å². The topological polar surface area (TPSA) is 85.0 Å². The highest BCUT2D eigenvalue weighted by atomic mass is 19.2. The Hall–Kier alpha value is -2.62. The van der Waals surface area contributed by atoms with Crippen LogP contribution in [0.3, 0.4) is 0 Å². The molecule has 9 heteroatoms. The number of carboxylic acid groups (broad SMARTS) is 1. The summed E-state index contributed by atoms with van der Waals surface area (Å²) < 4.78 is 49.8. The molecular formula is C26H33F3N2O4. The number of aliphatic carboxylic acids is 1. The molecule has 2 fully saturated rings. The third-order valence-electron chi connectivity index (χ3n) is 6.24. The summed E-state index contributed by atoms with van der Waals surface area (Å²) in [5.74, 6) is -1.34. The Labute approximate surface area is 203 Å². The van der Waals surface area contributed by atoms with Gasteiger partial charge in [0.05, 0.1) is 0 Å². The lowest BCUT2D eigenvalue weighted by molar-refractivity contribution is -0.149. The monoisotopic (exact) mass is 494 g/mol. The number of hydrogen-bond acceptors (Lipinski definition) is 5. The third kappa shape index (κ3) is 8.23. The fraction of sp³-hybridized carbons (Fsp3) is 0.500. The van der Waals surface area contributed by atoms with Crippen molar-refractivity contribution in [2.75, 3.05) is 32.8 Å². The van der Waals surface area contributed by atoms with Gasteiger partial charge in [-0.25, -0.2) is 18.0 Å². The zero-order valence-corrected chi connectivity index (χ0v) is 19.9. The van der Waals surface area contributed by atoms with Gasteiger partial charge in [-0.2, -0.15) is 0 Å². The van der Waals surface area contributed by atoms with Crippen molar-refractivity contribution < 1.29 is 32.5 Å². The summed E-state index contributed by atoms with van der Waals surface area (Å²) in [5.41, 5.74) is 6.48. The number of benzene rings is 2. The second-order valence-electron chi connectivity index (χ2n) is 8.90. The molecule has 3 atom stereocenters. The SMILES string of the molecule is CCO[C@@H](Cc1ccc(OCCN)cc1)C(=O)O.Fc1cc(F)c(CN2CCC3CC3C2)cc1F. The number of likely N-dealkylation sites (tertiary alicyclic amines) is 1. The lowest BCUT2D eigenvalue weighted by Gasteiger charge is -2.26. The molecule has 1 aliphatic heterocycles. The van der Waals surface area contributed by atoms with Gasteiger partial charge >= 0.3 is 5.97 Å². The lowest BCUT2D eigenvalue weighted by atomic mass is 10.1. The summed E-state index contributed by atoms with van der Waals surface area (Å²) in [6.07, 6.45) is 1.97. The molecule has 0 amide bonds. The smallest absolute Gasteiger partial charge is 0.333 e. The number of hydrogen-bond donors (Lipinski definition) is 2. The summed E-state index contributed by atoms with van der Waals surface area (Å²) in [5, 5.41) is 8.97. The predicted molar refractivity (Wildman–Crippen MR) is 126 cm³/mol. The normalized spacial score (nSPS) is 19.8. The van der Waals surface area contributed by atoms with Crippen molar-refractivity contribution in [2.24, 2.45) is 17.6 Å². The maximum Gasteiger partial charge on any atom is 0.333 e. The van der Waals surface area contributed by atoms with Gasteiger partial charge in [-0.15, -0.1) is 0 Å². The summed E-state index contributed by atoms with van der Waals surface area (Å²) in [6.45, 7) is 5.37. The largest absolute Gasteiger partial charge is 0.492 e. The van der Waals surface area contributed by atoms with Crippen LogP contribution in [-0.2, 0) is 22.5 Å². The molecule has 3 N–H and O–H groups in total. The zero-order valence-electron chi connectivity index (χ0n) is 19.9. The molecule has 0 radical (unpaired) electrons. The van der Waals surface area contributed by atoms with Crippen molar-refractivity contribution in [3.8, 4) is 5.75 Å². The van der Waals surface area contributed by atoms with Crippen LogP contribution in [-0.4, -0.2) is 54.9 Å². The van der Waals surface area contributed by atoms with E-state index in [1.165, 1.54) is 6.42 Å². The van der Waals surface area contributed by atoms with Gasteiger partial charge in [-0.1, -0.05) is 12.1 Å². The number of carbonyl (C=O) groups is 1. The first-order chi connectivity index (χ1) is 16.8. The third-order valence-corrected chi connectivity index (χ3v) is 6.24. The summed E-state index contributed by atoms with van der Waals surface area (Å²) in [7, 11) is 0. The van der Waals surface area contributed by atoms with E-state index >= 15 is 0 Å². The first kappa shape index (κ1) is 27.0. The van der Waals surface area contributed by atoms with Crippen LogP contribution in [0.1, 0.15) is 30.9 Å². The fourth-order valence-electron chi connectivity index (χ4n) is 4.26. The average molecular weight is 495 g/mol. The molecule has 0 bridgehead atoms. The Bertz CT molecular complexity index is 974. The molecule has 4 rings (SSSR count). The van der Waals surface area contributed by atoms with Gasteiger partial charge in [0.2, 0.25) is 0 Å². The maximum atomic E-state index is 13.5. The molecule has 2 unspecified atom stereocenters. The van der Waals surface area contributed by atoms with Crippen molar-refractivity contribution >= 4 is 5.97 Å². The van der Waals surface area contributed by atoms with Gasteiger partial charge in [-0.05, 0) is 61.9 Å². The van der Waals surface area contributed by atoms with E-state index in [4.69, 9.17) is 20.3 Å². The molecule has 2 aromatic carbocycles. The van der Waals surface area contributed by atoms with Gasteiger partial charge in [-0.3, -0.25) is 4.90 Å². The zero-order chi connectivity index (χ0) is 25.4. The van der Waals surface area contributed by atoms with Crippen LogP contribution in [0.5, 0.6) is 5.75 Å². The highest BCUT2D eigenvalue weighted by Gasteiger charge is 2.41. The van der Waals surface area contributed by atoms with Crippen LogP contribution >= 0.6 is 0 Å². The highest BCUT2D eigenvalue weighted by molar-refractivity contribution is 5.72. The van der Waals surface area contributed by atoms with E-state index < -0.39 is 29.5 Å². The Morgan fingerprint density at radius 3 is 2.49 bits per heavy atom. The van der Waals surface area contributed by atoms with Crippen LogP contribution in [0.15, 0.2) is 36.4 Å². The molecule has 192 valence electrons. The van der Waals surface area contributed by atoms with Crippen LogP contribution in [0.25, 0.3) is 0 Å². The van der Waals surface area contributed by atoms with E-state index in [1.54, 1.807) is 19.1 Å². The fourth-order valence-corrected chi connectivity index (χ4v) is 4.26. The predicted octanol–water partition coefficient (Wildman–Crippen LogP) is 4.00. The van der Waals surface area contributed by atoms with Gasteiger partial charge in [0.25, 0.3) is 0 Å². The van der Waals surface area contributed by atoms with E-state index in [0.717, 1.165) is 48.7 Å². The van der Waals surface area contributed by atoms with Crippen LogP contribution < -0.4 is 10.5 Å². The molecule has 0 aromatic heterocycles. The molecule has 1 saturated heterocycles.